The summed E-state index contributed by atoms with van der Waals surface area (Å²) >= 11 is 6.70. The van der Waals surface area contributed by atoms with E-state index in [1.54, 1.807) is 12.1 Å². The zero-order valence-electron chi connectivity index (χ0n) is 9.52. The molecule has 0 saturated carbocycles. The number of amides is 1. The molecule has 0 aliphatic heterocycles. The molecule has 0 bridgehead atoms. The lowest BCUT2D eigenvalue weighted by Gasteiger charge is -2.07. The molecule has 0 aliphatic rings. The molecule has 0 saturated heterocycles. The molecule has 0 spiro atoms. The summed E-state index contributed by atoms with van der Waals surface area (Å²) in [5.74, 6) is -0.326. The third-order valence-electron chi connectivity index (χ3n) is 2.30. The third-order valence-corrected chi connectivity index (χ3v) is 3.45. The van der Waals surface area contributed by atoms with Crippen molar-refractivity contribution in [2.45, 2.75) is 0 Å². The van der Waals surface area contributed by atoms with E-state index in [-0.39, 0.29) is 11.6 Å². The molecule has 0 unspecified atom stereocenters. The second kappa shape index (κ2) is 5.95. The van der Waals surface area contributed by atoms with Crippen molar-refractivity contribution in [3.05, 3.63) is 56.7 Å². The standard InChI is InChI=1S/C13H7Br2N3O/c14-9-2-4-11(10(15)5-9)18-13(19)12-3-1-8(6-16)7-17-12/h1-5,7H,(H,18,19). The summed E-state index contributed by atoms with van der Waals surface area (Å²) in [5, 5.41) is 11.4. The predicted molar refractivity (Wildman–Crippen MR) is 78.7 cm³/mol. The molecule has 19 heavy (non-hydrogen) atoms. The Labute approximate surface area is 126 Å². The summed E-state index contributed by atoms with van der Waals surface area (Å²) in [6, 6.07) is 10.5. The number of rotatable bonds is 2. The first-order valence-electron chi connectivity index (χ1n) is 5.22. The van der Waals surface area contributed by atoms with Crippen molar-refractivity contribution in [2.24, 2.45) is 0 Å². The number of hydrogen-bond donors (Lipinski definition) is 1. The van der Waals surface area contributed by atoms with E-state index < -0.39 is 0 Å². The van der Waals surface area contributed by atoms with Crippen LogP contribution in [0.15, 0.2) is 45.5 Å². The molecule has 0 fully saturated rings. The number of pyridine rings is 1. The Balaban J connectivity index is 2.18. The molecular formula is C13H7Br2N3O. The van der Waals surface area contributed by atoms with Crippen LogP contribution in [0.4, 0.5) is 5.69 Å². The van der Waals surface area contributed by atoms with Gasteiger partial charge >= 0.3 is 0 Å². The maximum Gasteiger partial charge on any atom is 0.274 e. The molecular weight excluding hydrogens is 374 g/mol. The lowest BCUT2D eigenvalue weighted by atomic mass is 10.2. The fourth-order valence-corrected chi connectivity index (χ4v) is 2.52. The Morgan fingerprint density at radius 2 is 2.05 bits per heavy atom. The first-order chi connectivity index (χ1) is 9.10. The van der Waals surface area contributed by atoms with Crippen LogP contribution in [0.5, 0.6) is 0 Å². The molecule has 94 valence electrons. The van der Waals surface area contributed by atoms with Crippen LogP contribution >= 0.6 is 31.9 Å². The quantitative estimate of drug-likeness (QED) is 0.863. The molecule has 2 rings (SSSR count). The Morgan fingerprint density at radius 3 is 2.63 bits per heavy atom. The highest BCUT2D eigenvalue weighted by molar-refractivity contribution is 9.11. The van der Waals surface area contributed by atoms with Crippen molar-refractivity contribution < 1.29 is 4.79 Å². The van der Waals surface area contributed by atoms with Crippen molar-refractivity contribution in [1.82, 2.24) is 4.98 Å². The molecule has 1 heterocycles. The van der Waals surface area contributed by atoms with Gasteiger partial charge in [0.25, 0.3) is 5.91 Å². The molecule has 1 aromatic carbocycles. The lowest BCUT2D eigenvalue weighted by molar-refractivity contribution is 0.102. The number of halogens is 2. The fourth-order valence-electron chi connectivity index (χ4n) is 1.37. The SMILES string of the molecule is N#Cc1ccc(C(=O)Nc2ccc(Br)cc2Br)nc1. The highest BCUT2D eigenvalue weighted by atomic mass is 79.9. The topological polar surface area (TPSA) is 65.8 Å². The van der Waals surface area contributed by atoms with Crippen LogP contribution in [0, 0.1) is 11.3 Å². The van der Waals surface area contributed by atoms with Crippen molar-refractivity contribution in [2.75, 3.05) is 5.32 Å². The van der Waals surface area contributed by atoms with Gasteiger partial charge in [-0.3, -0.25) is 4.79 Å². The van der Waals surface area contributed by atoms with E-state index in [0.717, 1.165) is 8.95 Å². The number of hydrogen-bond acceptors (Lipinski definition) is 3. The molecule has 0 atom stereocenters. The maximum absolute atomic E-state index is 12.0. The minimum atomic E-state index is -0.326. The van der Waals surface area contributed by atoms with Crippen LogP contribution in [0.3, 0.4) is 0 Å². The van der Waals surface area contributed by atoms with Gasteiger partial charge < -0.3 is 5.32 Å². The summed E-state index contributed by atoms with van der Waals surface area (Å²) in [5.41, 5.74) is 1.33. The van der Waals surface area contributed by atoms with Crippen molar-refractivity contribution in [3.8, 4) is 6.07 Å². The molecule has 1 aromatic heterocycles. The van der Waals surface area contributed by atoms with Crippen LogP contribution in [0.2, 0.25) is 0 Å². The minimum absolute atomic E-state index is 0.258. The number of carbonyl (C=O) groups is 1. The van der Waals surface area contributed by atoms with Gasteiger partial charge in [-0.1, -0.05) is 15.9 Å². The van der Waals surface area contributed by atoms with Crippen LogP contribution < -0.4 is 5.32 Å². The third kappa shape index (κ3) is 3.40. The van der Waals surface area contributed by atoms with Crippen LogP contribution in [0.1, 0.15) is 16.1 Å². The summed E-state index contributed by atoms with van der Waals surface area (Å²) < 4.78 is 1.68. The molecule has 0 radical (unpaired) electrons. The van der Waals surface area contributed by atoms with Gasteiger partial charge in [-0.25, -0.2) is 4.98 Å². The molecule has 4 nitrogen and oxygen atoms in total. The average molecular weight is 381 g/mol. The smallest absolute Gasteiger partial charge is 0.274 e. The van der Waals surface area contributed by atoms with Gasteiger partial charge in [0, 0.05) is 15.1 Å². The molecule has 2 aromatic rings. The highest BCUT2D eigenvalue weighted by Gasteiger charge is 2.09. The number of benzene rings is 1. The Bertz CT molecular complexity index is 663. The number of nitrogens with one attached hydrogen (secondary N) is 1. The number of anilines is 1. The van der Waals surface area contributed by atoms with Gasteiger partial charge in [0.15, 0.2) is 0 Å². The molecule has 0 aliphatic carbocycles. The Hall–Kier alpha value is -1.71. The van der Waals surface area contributed by atoms with Crippen molar-refractivity contribution in [3.63, 3.8) is 0 Å². The average Bonchev–Trinajstić information content (AvgIpc) is 2.42. The van der Waals surface area contributed by atoms with E-state index in [1.807, 2.05) is 18.2 Å². The number of nitrogens with zero attached hydrogens (tertiary/aromatic N) is 2. The largest absolute Gasteiger partial charge is 0.320 e. The van der Waals surface area contributed by atoms with Gasteiger partial charge in [-0.15, -0.1) is 0 Å². The van der Waals surface area contributed by atoms with Crippen molar-refractivity contribution >= 4 is 43.5 Å². The fraction of sp³-hybridized carbons (Fsp3) is 0. The summed E-state index contributed by atoms with van der Waals surface area (Å²) in [6.07, 6.45) is 1.37. The number of aromatic nitrogens is 1. The summed E-state index contributed by atoms with van der Waals surface area (Å²) in [4.78, 5) is 15.9. The minimum Gasteiger partial charge on any atom is -0.320 e. The lowest BCUT2D eigenvalue weighted by Crippen LogP contribution is -2.13. The summed E-state index contributed by atoms with van der Waals surface area (Å²) in [7, 11) is 0. The first kappa shape index (κ1) is 13.7. The zero-order valence-corrected chi connectivity index (χ0v) is 12.7. The molecule has 1 N–H and O–H groups in total. The predicted octanol–water partition coefficient (Wildman–Crippen LogP) is 3.73. The van der Waals surface area contributed by atoms with E-state index in [0.29, 0.717) is 11.3 Å². The monoisotopic (exact) mass is 379 g/mol. The van der Waals surface area contributed by atoms with E-state index in [4.69, 9.17) is 5.26 Å². The Kier molecular flexibility index (Phi) is 4.30. The van der Waals surface area contributed by atoms with Gasteiger partial charge in [-0.05, 0) is 46.3 Å². The van der Waals surface area contributed by atoms with E-state index in [9.17, 15) is 4.79 Å². The summed E-state index contributed by atoms with van der Waals surface area (Å²) in [6.45, 7) is 0. The first-order valence-corrected chi connectivity index (χ1v) is 6.81. The van der Waals surface area contributed by atoms with Gasteiger partial charge in [0.2, 0.25) is 0 Å². The van der Waals surface area contributed by atoms with Gasteiger partial charge in [0.1, 0.15) is 11.8 Å². The van der Waals surface area contributed by atoms with E-state index in [1.165, 1.54) is 12.3 Å². The van der Waals surface area contributed by atoms with E-state index >= 15 is 0 Å². The van der Waals surface area contributed by atoms with Crippen LogP contribution in [0.25, 0.3) is 0 Å². The van der Waals surface area contributed by atoms with Gasteiger partial charge in [-0.2, -0.15) is 5.26 Å². The van der Waals surface area contributed by atoms with Crippen LogP contribution in [-0.4, -0.2) is 10.9 Å². The number of carbonyl (C=O) groups excluding carboxylic acids is 1. The van der Waals surface area contributed by atoms with E-state index in [2.05, 4.69) is 42.2 Å². The number of nitriles is 1. The normalized spacial score (nSPS) is 9.74. The maximum atomic E-state index is 12.0. The van der Waals surface area contributed by atoms with Gasteiger partial charge in [0.05, 0.1) is 11.3 Å². The molecule has 6 heteroatoms. The second-order valence-electron chi connectivity index (χ2n) is 3.62. The van der Waals surface area contributed by atoms with Crippen molar-refractivity contribution in [1.29, 1.82) is 5.26 Å². The Morgan fingerprint density at radius 1 is 1.26 bits per heavy atom. The molecule has 1 amide bonds. The van der Waals surface area contributed by atoms with Crippen LogP contribution in [-0.2, 0) is 0 Å². The zero-order chi connectivity index (χ0) is 13.8. The highest BCUT2D eigenvalue weighted by Crippen LogP contribution is 2.26. The second-order valence-corrected chi connectivity index (χ2v) is 5.39.